The standard InChI is InChI=1S/C17H19ClN2O2S/c1-11(19-13-3-4-15(22-2)14(18)9-13)17(21)20-7-5-16-12(10-20)6-8-23-16/h3-4,6,8-9,11,19H,5,7,10H2,1-2H3. The molecule has 1 aliphatic heterocycles. The van der Waals surface area contributed by atoms with Crippen LogP contribution in [0.5, 0.6) is 5.75 Å². The van der Waals surface area contributed by atoms with Crippen LogP contribution in [0.4, 0.5) is 5.69 Å². The second-order valence-electron chi connectivity index (χ2n) is 5.59. The van der Waals surface area contributed by atoms with Gasteiger partial charge in [-0.2, -0.15) is 0 Å². The second-order valence-corrected chi connectivity index (χ2v) is 7.00. The van der Waals surface area contributed by atoms with E-state index in [9.17, 15) is 4.79 Å². The topological polar surface area (TPSA) is 41.6 Å². The zero-order valence-electron chi connectivity index (χ0n) is 13.1. The summed E-state index contributed by atoms with van der Waals surface area (Å²) >= 11 is 7.90. The lowest BCUT2D eigenvalue weighted by molar-refractivity contribution is -0.132. The fourth-order valence-electron chi connectivity index (χ4n) is 2.78. The highest BCUT2D eigenvalue weighted by molar-refractivity contribution is 7.10. The summed E-state index contributed by atoms with van der Waals surface area (Å²) in [6, 6.07) is 7.24. The Morgan fingerprint density at radius 1 is 1.43 bits per heavy atom. The number of hydrogen-bond acceptors (Lipinski definition) is 4. The van der Waals surface area contributed by atoms with Crippen molar-refractivity contribution in [1.82, 2.24) is 4.90 Å². The SMILES string of the molecule is COc1ccc(NC(C)C(=O)N2CCc3sccc3C2)cc1Cl. The van der Waals surface area contributed by atoms with E-state index in [1.54, 1.807) is 30.6 Å². The first kappa shape index (κ1) is 16.1. The molecule has 1 unspecified atom stereocenters. The van der Waals surface area contributed by atoms with Crippen LogP contribution in [0.25, 0.3) is 0 Å². The summed E-state index contributed by atoms with van der Waals surface area (Å²) in [5.41, 5.74) is 2.08. The van der Waals surface area contributed by atoms with E-state index in [4.69, 9.17) is 16.3 Å². The highest BCUT2D eigenvalue weighted by Gasteiger charge is 2.25. The minimum atomic E-state index is -0.306. The molecule has 23 heavy (non-hydrogen) atoms. The average Bonchev–Trinajstić information content (AvgIpc) is 3.01. The third-order valence-electron chi connectivity index (χ3n) is 4.02. The monoisotopic (exact) mass is 350 g/mol. The number of hydrogen-bond donors (Lipinski definition) is 1. The molecule has 2 heterocycles. The summed E-state index contributed by atoms with van der Waals surface area (Å²) in [7, 11) is 1.58. The average molecular weight is 351 g/mol. The maximum Gasteiger partial charge on any atom is 0.245 e. The molecule has 122 valence electrons. The molecule has 0 spiro atoms. The van der Waals surface area contributed by atoms with Crippen molar-refractivity contribution in [2.45, 2.75) is 25.9 Å². The number of nitrogens with one attached hydrogen (secondary N) is 1. The van der Waals surface area contributed by atoms with Crippen LogP contribution < -0.4 is 10.1 Å². The van der Waals surface area contributed by atoms with Crippen molar-refractivity contribution in [2.75, 3.05) is 19.0 Å². The molecule has 0 fully saturated rings. The van der Waals surface area contributed by atoms with Gasteiger partial charge in [0, 0.05) is 23.7 Å². The molecular weight excluding hydrogens is 332 g/mol. The Kier molecular flexibility index (Phi) is 4.78. The zero-order valence-corrected chi connectivity index (χ0v) is 14.7. The Labute approximate surface area is 145 Å². The van der Waals surface area contributed by atoms with Crippen LogP contribution in [-0.2, 0) is 17.8 Å². The van der Waals surface area contributed by atoms with E-state index in [2.05, 4.69) is 16.8 Å². The maximum absolute atomic E-state index is 12.7. The van der Waals surface area contributed by atoms with Crippen LogP contribution >= 0.6 is 22.9 Å². The van der Waals surface area contributed by atoms with Crippen molar-refractivity contribution in [3.8, 4) is 5.75 Å². The summed E-state index contributed by atoms with van der Waals surface area (Å²) in [6.45, 7) is 3.36. The Bertz CT molecular complexity index is 716. The Hall–Kier alpha value is -1.72. The number of benzene rings is 1. The van der Waals surface area contributed by atoms with Crippen molar-refractivity contribution in [3.05, 3.63) is 45.1 Å². The highest BCUT2D eigenvalue weighted by atomic mass is 35.5. The molecule has 0 saturated heterocycles. The molecule has 2 aromatic rings. The van der Waals surface area contributed by atoms with Crippen molar-refractivity contribution in [2.24, 2.45) is 0 Å². The van der Waals surface area contributed by atoms with Crippen molar-refractivity contribution in [3.63, 3.8) is 0 Å². The molecule has 4 nitrogen and oxygen atoms in total. The van der Waals surface area contributed by atoms with E-state index in [0.29, 0.717) is 17.3 Å². The van der Waals surface area contributed by atoms with Crippen LogP contribution in [-0.4, -0.2) is 30.5 Å². The van der Waals surface area contributed by atoms with Gasteiger partial charge in [-0.15, -0.1) is 11.3 Å². The molecule has 1 aromatic carbocycles. The van der Waals surface area contributed by atoms with E-state index < -0.39 is 0 Å². The predicted molar refractivity (Wildman–Crippen MR) is 94.5 cm³/mol. The number of halogens is 1. The first-order valence-corrected chi connectivity index (χ1v) is 8.78. The van der Waals surface area contributed by atoms with Crippen molar-refractivity contribution in [1.29, 1.82) is 0 Å². The Morgan fingerprint density at radius 2 is 2.26 bits per heavy atom. The summed E-state index contributed by atoms with van der Waals surface area (Å²) in [5.74, 6) is 0.728. The van der Waals surface area contributed by atoms with E-state index in [0.717, 1.165) is 18.7 Å². The van der Waals surface area contributed by atoms with Crippen molar-refractivity contribution >= 4 is 34.5 Å². The molecule has 0 radical (unpaired) electrons. The number of thiophene rings is 1. The summed E-state index contributed by atoms with van der Waals surface area (Å²) in [4.78, 5) is 16.0. The van der Waals surface area contributed by atoms with E-state index in [-0.39, 0.29) is 11.9 Å². The smallest absolute Gasteiger partial charge is 0.245 e. The van der Waals surface area contributed by atoms with E-state index >= 15 is 0 Å². The molecule has 1 aliphatic rings. The van der Waals surface area contributed by atoms with Crippen LogP contribution in [0, 0.1) is 0 Å². The third-order valence-corrected chi connectivity index (χ3v) is 5.34. The zero-order chi connectivity index (χ0) is 16.4. The third kappa shape index (κ3) is 3.46. The molecule has 1 N–H and O–H groups in total. The van der Waals surface area contributed by atoms with Gasteiger partial charge in [0.15, 0.2) is 0 Å². The number of nitrogens with zero attached hydrogens (tertiary/aromatic N) is 1. The first-order chi connectivity index (χ1) is 11.1. The number of fused-ring (bicyclic) bond motifs is 1. The van der Waals surface area contributed by atoms with Gasteiger partial charge in [0.25, 0.3) is 0 Å². The fraction of sp³-hybridized carbons (Fsp3) is 0.353. The Morgan fingerprint density at radius 3 is 3.00 bits per heavy atom. The lowest BCUT2D eigenvalue weighted by Crippen LogP contribution is -2.43. The van der Waals surface area contributed by atoms with Gasteiger partial charge in [0.1, 0.15) is 11.8 Å². The van der Waals surface area contributed by atoms with Crippen LogP contribution in [0.1, 0.15) is 17.4 Å². The molecule has 0 bridgehead atoms. The molecule has 6 heteroatoms. The minimum absolute atomic E-state index is 0.105. The molecular formula is C17H19ClN2O2S. The van der Waals surface area contributed by atoms with Crippen LogP contribution in [0.3, 0.4) is 0 Å². The van der Waals surface area contributed by atoms with Gasteiger partial charge in [0.2, 0.25) is 5.91 Å². The van der Waals surface area contributed by atoms with E-state index in [1.807, 2.05) is 17.9 Å². The van der Waals surface area contributed by atoms with E-state index in [1.165, 1.54) is 10.4 Å². The highest BCUT2D eigenvalue weighted by Crippen LogP contribution is 2.28. The number of methoxy groups -OCH3 is 1. The number of anilines is 1. The number of ether oxygens (including phenoxy) is 1. The lowest BCUT2D eigenvalue weighted by Gasteiger charge is -2.30. The predicted octanol–water partition coefficient (Wildman–Crippen LogP) is 3.80. The summed E-state index contributed by atoms with van der Waals surface area (Å²) < 4.78 is 5.14. The van der Waals surface area contributed by atoms with Gasteiger partial charge in [-0.1, -0.05) is 11.6 Å². The minimum Gasteiger partial charge on any atom is -0.495 e. The van der Waals surface area contributed by atoms with Gasteiger partial charge in [0.05, 0.1) is 12.1 Å². The molecule has 1 amide bonds. The molecule has 1 aromatic heterocycles. The largest absolute Gasteiger partial charge is 0.495 e. The summed E-state index contributed by atoms with van der Waals surface area (Å²) in [5, 5.41) is 5.84. The molecule has 0 saturated carbocycles. The quantitative estimate of drug-likeness (QED) is 0.912. The number of rotatable bonds is 4. The number of carbonyl (C=O) groups is 1. The molecule has 0 aliphatic carbocycles. The fourth-order valence-corrected chi connectivity index (χ4v) is 3.93. The number of amides is 1. The first-order valence-electron chi connectivity index (χ1n) is 7.52. The van der Waals surface area contributed by atoms with Crippen molar-refractivity contribution < 1.29 is 9.53 Å². The second kappa shape index (κ2) is 6.81. The van der Waals surface area contributed by atoms with Gasteiger partial charge in [-0.25, -0.2) is 0 Å². The maximum atomic E-state index is 12.7. The van der Waals surface area contributed by atoms with Crippen LogP contribution in [0.15, 0.2) is 29.6 Å². The Balaban J connectivity index is 1.65. The van der Waals surface area contributed by atoms with Gasteiger partial charge in [-0.05, 0) is 48.6 Å². The number of carbonyl (C=O) groups excluding carboxylic acids is 1. The molecule has 1 atom stereocenters. The van der Waals surface area contributed by atoms with Crippen LogP contribution in [0.2, 0.25) is 5.02 Å². The van der Waals surface area contributed by atoms with Gasteiger partial charge < -0.3 is 15.0 Å². The lowest BCUT2D eigenvalue weighted by atomic mass is 10.1. The molecule has 3 rings (SSSR count). The normalized spacial score (nSPS) is 15.0. The van der Waals surface area contributed by atoms with Gasteiger partial charge in [-0.3, -0.25) is 4.79 Å². The summed E-state index contributed by atoms with van der Waals surface area (Å²) in [6.07, 6.45) is 0.944. The van der Waals surface area contributed by atoms with Gasteiger partial charge >= 0.3 is 0 Å².